The van der Waals surface area contributed by atoms with Crippen LogP contribution in [0.25, 0.3) is 10.9 Å². The monoisotopic (exact) mass is 622 g/mol. The third kappa shape index (κ3) is 6.48. The number of anilines is 2. The summed E-state index contributed by atoms with van der Waals surface area (Å²) in [5.74, 6) is 2.48. The van der Waals surface area contributed by atoms with Crippen molar-refractivity contribution in [3.8, 4) is 23.1 Å². The summed E-state index contributed by atoms with van der Waals surface area (Å²) in [5.41, 5.74) is 1.20. The zero-order valence-corrected chi connectivity index (χ0v) is 25.0. The molecule has 2 fully saturated rings. The van der Waals surface area contributed by atoms with Crippen LogP contribution in [0, 0.1) is 12.3 Å². The number of piperidine rings is 1. The summed E-state index contributed by atoms with van der Waals surface area (Å²) in [6.45, 7) is 5.04. The number of aryl methyl sites for hydroxylation is 1. The van der Waals surface area contributed by atoms with Crippen molar-refractivity contribution in [3.63, 3.8) is 0 Å². The lowest BCUT2D eigenvalue weighted by molar-refractivity contribution is -0.153. The lowest BCUT2D eigenvalue weighted by atomic mass is 9.77. The number of hydrogen-bond acceptors (Lipinski definition) is 10. The van der Waals surface area contributed by atoms with E-state index in [-0.39, 0.29) is 41.1 Å². The Morgan fingerprint density at radius 1 is 1.07 bits per heavy atom. The van der Waals surface area contributed by atoms with Crippen molar-refractivity contribution in [2.24, 2.45) is 5.41 Å². The van der Waals surface area contributed by atoms with Crippen molar-refractivity contribution in [2.45, 2.75) is 26.2 Å². The topological polar surface area (TPSA) is 150 Å². The van der Waals surface area contributed by atoms with E-state index < -0.39 is 6.03 Å². The minimum Gasteiger partial charge on any atom is -0.493 e. The number of likely N-dealkylation sites (tertiary alicyclic amines) is 1. The van der Waals surface area contributed by atoms with Gasteiger partial charge in [0.1, 0.15) is 17.8 Å². The third-order valence-corrected chi connectivity index (χ3v) is 8.04. The van der Waals surface area contributed by atoms with Gasteiger partial charge in [0.05, 0.1) is 55.0 Å². The molecule has 2 aliphatic rings. The van der Waals surface area contributed by atoms with Gasteiger partial charge in [0.25, 0.3) is 0 Å². The van der Waals surface area contributed by atoms with E-state index in [4.69, 9.17) is 35.1 Å². The van der Waals surface area contributed by atoms with Crippen molar-refractivity contribution in [1.29, 1.82) is 0 Å². The van der Waals surface area contributed by atoms with E-state index in [0.717, 1.165) is 39.1 Å². The quantitative estimate of drug-likeness (QED) is 0.247. The van der Waals surface area contributed by atoms with Crippen LogP contribution in [0.3, 0.4) is 0 Å². The fourth-order valence-corrected chi connectivity index (χ4v) is 5.40. The standard InChI is InChI=1S/C30H31ClN6O7/c1-18-11-26(36-44-18)35-29(39)34-22-4-3-19(12-21(22)31)43-28-20-13-24(40-2)25(14-23(20)32-17-33-28)42-10-5-27(38)37-8-6-30(7-9-37)15-41-16-30/h3-4,11-14,17H,5-10,15-16H2,1-2H3,(H2,34,35,36,39). The van der Waals surface area contributed by atoms with Crippen LogP contribution < -0.4 is 24.8 Å². The molecule has 3 amide bonds. The normalized spacial score (nSPS) is 15.5. The second kappa shape index (κ2) is 12.5. The highest BCUT2D eigenvalue weighted by Gasteiger charge is 2.41. The lowest BCUT2D eigenvalue weighted by Crippen LogP contribution is -2.52. The summed E-state index contributed by atoms with van der Waals surface area (Å²) >= 11 is 6.42. The number of benzene rings is 2. The van der Waals surface area contributed by atoms with Gasteiger partial charge in [0.2, 0.25) is 11.8 Å². The van der Waals surface area contributed by atoms with Crippen LogP contribution in [0.15, 0.2) is 47.2 Å². The Balaban J connectivity index is 1.08. The molecule has 4 aromatic rings. The minimum atomic E-state index is -0.533. The smallest absolute Gasteiger partial charge is 0.324 e. The zero-order valence-electron chi connectivity index (χ0n) is 24.2. The highest BCUT2D eigenvalue weighted by Crippen LogP contribution is 2.39. The predicted octanol–water partition coefficient (Wildman–Crippen LogP) is 5.43. The lowest BCUT2D eigenvalue weighted by Gasteiger charge is -2.47. The van der Waals surface area contributed by atoms with E-state index in [1.54, 1.807) is 43.3 Å². The van der Waals surface area contributed by atoms with Crippen molar-refractivity contribution >= 4 is 45.9 Å². The van der Waals surface area contributed by atoms with Gasteiger partial charge >= 0.3 is 6.03 Å². The number of fused-ring (bicyclic) bond motifs is 1. The molecule has 2 N–H and O–H groups in total. The molecule has 13 nitrogen and oxygen atoms in total. The number of rotatable bonds is 9. The van der Waals surface area contributed by atoms with Crippen LogP contribution in [-0.4, -0.2) is 72.0 Å². The molecular formula is C30H31ClN6O7. The minimum absolute atomic E-state index is 0.0726. The van der Waals surface area contributed by atoms with E-state index in [1.165, 1.54) is 13.4 Å². The number of aromatic nitrogens is 3. The Morgan fingerprint density at radius 2 is 1.89 bits per heavy atom. The summed E-state index contributed by atoms with van der Waals surface area (Å²) in [7, 11) is 1.53. The molecule has 2 aliphatic heterocycles. The Labute approximate surface area is 257 Å². The van der Waals surface area contributed by atoms with E-state index in [1.807, 2.05) is 4.90 Å². The Morgan fingerprint density at radius 3 is 2.57 bits per heavy atom. The first kappa shape index (κ1) is 29.5. The molecule has 230 valence electrons. The van der Waals surface area contributed by atoms with Gasteiger partial charge in [-0.05, 0) is 38.0 Å². The van der Waals surface area contributed by atoms with Gasteiger partial charge in [-0.1, -0.05) is 16.8 Å². The van der Waals surface area contributed by atoms with Crippen LogP contribution in [0.1, 0.15) is 25.0 Å². The van der Waals surface area contributed by atoms with Gasteiger partial charge in [0.15, 0.2) is 17.3 Å². The number of amides is 3. The molecule has 0 atom stereocenters. The molecule has 2 aromatic heterocycles. The van der Waals surface area contributed by atoms with Crippen LogP contribution in [0.4, 0.5) is 16.3 Å². The zero-order chi connectivity index (χ0) is 30.7. The molecule has 1 spiro atoms. The first-order chi connectivity index (χ1) is 21.3. The van der Waals surface area contributed by atoms with E-state index in [2.05, 4.69) is 25.8 Å². The third-order valence-electron chi connectivity index (χ3n) is 7.72. The molecular weight excluding hydrogens is 592 g/mol. The van der Waals surface area contributed by atoms with Gasteiger partial charge in [-0.2, -0.15) is 0 Å². The van der Waals surface area contributed by atoms with Crippen molar-refractivity contribution in [1.82, 2.24) is 20.0 Å². The van der Waals surface area contributed by atoms with Crippen LogP contribution >= 0.6 is 11.6 Å². The fraction of sp³-hybridized carbons (Fsp3) is 0.367. The van der Waals surface area contributed by atoms with E-state index in [0.29, 0.717) is 39.6 Å². The number of hydrogen-bond donors (Lipinski definition) is 2. The molecule has 6 rings (SSSR count). The molecule has 0 bridgehead atoms. The molecule has 44 heavy (non-hydrogen) atoms. The molecule has 14 heteroatoms. The summed E-state index contributed by atoms with van der Waals surface area (Å²) in [5, 5.41) is 9.77. The summed E-state index contributed by atoms with van der Waals surface area (Å²) in [6.07, 6.45) is 3.60. The summed E-state index contributed by atoms with van der Waals surface area (Å²) < 4.78 is 27.9. The second-order valence-electron chi connectivity index (χ2n) is 10.8. The van der Waals surface area contributed by atoms with Gasteiger partial charge < -0.3 is 33.7 Å². The van der Waals surface area contributed by atoms with E-state index >= 15 is 0 Å². The molecule has 2 aromatic carbocycles. The second-order valence-corrected chi connectivity index (χ2v) is 11.2. The molecule has 0 unspecified atom stereocenters. The molecule has 0 saturated carbocycles. The largest absolute Gasteiger partial charge is 0.493 e. The van der Waals surface area contributed by atoms with Crippen LogP contribution in [0.2, 0.25) is 5.02 Å². The first-order valence-corrected chi connectivity index (χ1v) is 14.5. The molecule has 0 aliphatic carbocycles. The number of halogens is 1. The molecule has 4 heterocycles. The molecule has 2 saturated heterocycles. The van der Waals surface area contributed by atoms with Crippen LogP contribution in [-0.2, 0) is 9.53 Å². The predicted molar refractivity (Wildman–Crippen MR) is 161 cm³/mol. The maximum absolute atomic E-state index is 12.8. The SMILES string of the molecule is COc1cc2c(Oc3ccc(NC(=O)Nc4cc(C)on4)c(Cl)c3)ncnc2cc1OCCC(=O)N1CCC2(CC1)COC2. The van der Waals surface area contributed by atoms with Gasteiger partial charge in [-0.15, -0.1) is 0 Å². The number of carbonyl (C=O) groups is 2. The number of nitrogens with zero attached hydrogens (tertiary/aromatic N) is 4. The average Bonchev–Trinajstić information content (AvgIpc) is 3.41. The highest BCUT2D eigenvalue weighted by atomic mass is 35.5. The van der Waals surface area contributed by atoms with Crippen molar-refractivity contribution < 1.29 is 33.1 Å². The van der Waals surface area contributed by atoms with Crippen molar-refractivity contribution in [2.75, 3.05) is 50.7 Å². The Hall–Kier alpha value is -4.62. The number of methoxy groups -OCH3 is 1. The fourth-order valence-electron chi connectivity index (χ4n) is 5.18. The number of carbonyl (C=O) groups excluding carboxylic acids is 2. The Bertz CT molecular complexity index is 1680. The number of urea groups is 1. The Kier molecular flexibility index (Phi) is 8.40. The summed E-state index contributed by atoms with van der Waals surface area (Å²) in [4.78, 5) is 35.6. The van der Waals surface area contributed by atoms with Gasteiger partial charge in [0, 0.05) is 36.7 Å². The van der Waals surface area contributed by atoms with E-state index in [9.17, 15) is 9.59 Å². The number of ether oxygens (including phenoxy) is 4. The maximum Gasteiger partial charge on any atom is 0.324 e. The highest BCUT2D eigenvalue weighted by molar-refractivity contribution is 6.34. The maximum atomic E-state index is 12.8. The average molecular weight is 623 g/mol. The molecule has 0 radical (unpaired) electrons. The van der Waals surface area contributed by atoms with Gasteiger partial charge in [-0.3, -0.25) is 10.1 Å². The van der Waals surface area contributed by atoms with Crippen LogP contribution in [0.5, 0.6) is 23.1 Å². The van der Waals surface area contributed by atoms with Crippen molar-refractivity contribution in [3.05, 3.63) is 53.5 Å². The number of nitrogens with one attached hydrogen (secondary N) is 2. The van der Waals surface area contributed by atoms with Gasteiger partial charge in [-0.25, -0.2) is 14.8 Å². The summed E-state index contributed by atoms with van der Waals surface area (Å²) in [6, 6.07) is 9.30. The first-order valence-electron chi connectivity index (χ1n) is 14.1.